The van der Waals surface area contributed by atoms with Crippen LogP contribution >= 0.6 is 0 Å². The molecule has 1 unspecified atom stereocenters. The minimum Gasteiger partial charge on any atom is -0.493 e. The summed E-state index contributed by atoms with van der Waals surface area (Å²) in [6.07, 6.45) is 1.05. The summed E-state index contributed by atoms with van der Waals surface area (Å²) in [7, 11) is 0. The molecule has 2 rings (SSSR count). The molecule has 98 valence electrons. The number of carbonyl (C=O) groups is 1. The van der Waals surface area contributed by atoms with Crippen LogP contribution in [0.5, 0.6) is 5.75 Å². The fraction of sp³-hybridized carbons (Fsp3) is 0.500. The van der Waals surface area contributed by atoms with E-state index in [4.69, 9.17) is 4.74 Å². The predicted octanol–water partition coefficient (Wildman–Crippen LogP) is 1.28. The van der Waals surface area contributed by atoms with Gasteiger partial charge in [0.05, 0.1) is 6.61 Å². The minimum atomic E-state index is 0.0215. The van der Waals surface area contributed by atoms with Gasteiger partial charge in [0.2, 0.25) is 5.91 Å². The molecule has 1 amide bonds. The first-order chi connectivity index (χ1) is 8.77. The van der Waals surface area contributed by atoms with Crippen LogP contribution < -0.4 is 15.4 Å². The first-order valence-corrected chi connectivity index (χ1v) is 6.44. The van der Waals surface area contributed by atoms with Gasteiger partial charge in [0, 0.05) is 32.5 Å². The molecule has 4 heteroatoms. The van der Waals surface area contributed by atoms with E-state index in [9.17, 15) is 4.79 Å². The quantitative estimate of drug-likeness (QED) is 0.772. The van der Waals surface area contributed by atoms with Crippen molar-refractivity contribution in [3.05, 3.63) is 29.8 Å². The lowest BCUT2D eigenvalue weighted by Gasteiger charge is -2.26. The summed E-state index contributed by atoms with van der Waals surface area (Å²) >= 11 is 0. The topological polar surface area (TPSA) is 50.4 Å². The Bertz CT molecular complexity index is 407. The van der Waals surface area contributed by atoms with Crippen LogP contribution in [0.25, 0.3) is 0 Å². The Morgan fingerprint density at radius 1 is 1.39 bits per heavy atom. The van der Waals surface area contributed by atoms with Crippen molar-refractivity contribution in [1.82, 2.24) is 10.6 Å². The lowest BCUT2D eigenvalue weighted by atomic mass is 9.93. The molecule has 0 aliphatic carbocycles. The summed E-state index contributed by atoms with van der Waals surface area (Å²) in [6, 6.07) is 8.22. The molecule has 0 bridgehead atoms. The molecule has 18 heavy (non-hydrogen) atoms. The molecule has 0 aromatic heterocycles. The van der Waals surface area contributed by atoms with E-state index in [1.165, 1.54) is 12.5 Å². The number of benzene rings is 1. The van der Waals surface area contributed by atoms with E-state index >= 15 is 0 Å². The molecule has 0 saturated carbocycles. The average molecular weight is 248 g/mol. The zero-order valence-corrected chi connectivity index (χ0v) is 10.7. The maximum atomic E-state index is 10.7. The zero-order valence-electron chi connectivity index (χ0n) is 10.7. The van der Waals surface area contributed by atoms with Gasteiger partial charge in [-0.2, -0.15) is 0 Å². The fourth-order valence-electron chi connectivity index (χ4n) is 2.23. The molecular weight excluding hydrogens is 228 g/mol. The third kappa shape index (κ3) is 3.47. The van der Waals surface area contributed by atoms with Crippen molar-refractivity contribution in [3.63, 3.8) is 0 Å². The fourth-order valence-corrected chi connectivity index (χ4v) is 2.23. The minimum absolute atomic E-state index is 0.0215. The van der Waals surface area contributed by atoms with Crippen LogP contribution in [0, 0.1) is 0 Å². The van der Waals surface area contributed by atoms with Crippen LogP contribution in [0.1, 0.15) is 24.8 Å². The Morgan fingerprint density at radius 3 is 3.06 bits per heavy atom. The monoisotopic (exact) mass is 248 g/mol. The molecule has 1 atom stereocenters. The average Bonchev–Trinajstić information content (AvgIpc) is 2.38. The van der Waals surface area contributed by atoms with Crippen LogP contribution in [0.4, 0.5) is 0 Å². The van der Waals surface area contributed by atoms with E-state index in [-0.39, 0.29) is 5.91 Å². The van der Waals surface area contributed by atoms with Gasteiger partial charge < -0.3 is 15.4 Å². The van der Waals surface area contributed by atoms with Crippen molar-refractivity contribution in [3.8, 4) is 5.75 Å². The number of rotatable bonds is 5. The SMILES string of the molecule is CC(=O)NCCNCC1CCOc2ccccc21. The van der Waals surface area contributed by atoms with Gasteiger partial charge in [0.25, 0.3) is 0 Å². The molecule has 0 saturated heterocycles. The maximum absolute atomic E-state index is 10.7. The van der Waals surface area contributed by atoms with Gasteiger partial charge >= 0.3 is 0 Å². The van der Waals surface area contributed by atoms with Crippen molar-refractivity contribution in [2.75, 3.05) is 26.2 Å². The Kier molecular flexibility index (Phi) is 4.59. The molecular formula is C14H20N2O2. The van der Waals surface area contributed by atoms with Crippen molar-refractivity contribution in [2.24, 2.45) is 0 Å². The molecule has 0 spiro atoms. The Hall–Kier alpha value is -1.55. The molecule has 2 N–H and O–H groups in total. The predicted molar refractivity (Wildman–Crippen MR) is 70.8 cm³/mol. The number of amides is 1. The zero-order chi connectivity index (χ0) is 12.8. The Balaban J connectivity index is 1.79. The third-order valence-electron chi connectivity index (χ3n) is 3.15. The highest BCUT2D eigenvalue weighted by atomic mass is 16.5. The number of hydrogen-bond acceptors (Lipinski definition) is 3. The summed E-state index contributed by atoms with van der Waals surface area (Å²) < 4.78 is 5.63. The van der Waals surface area contributed by atoms with Crippen LogP contribution in [0.2, 0.25) is 0 Å². The van der Waals surface area contributed by atoms with Crippen LogP contribution in [0.3, 0.4) is 0 Å². The lowest BCUT2D eigenvalue weighted by Crippen LogP contribution is -2.33. The highest BCUT2D eigenvalue weighted by Gasteiger charge is 2.20. The second-order valence-electron chi connectivity index (χ2n) is 4.56. The van der Waals surface area contributed by atoms with Gasteiger partial charge in [-0.25, -0.2) is 0 Å². The summed E-state index contributed by atoms with van der Waals surface area (Å²) in [6.45, 7) is 4.74. The van der Waals surface area contributed by atoms with E-state index < -0.39 is 0 Å². The van der Waals surface area contributed by atoms with Crippen LogP contribution in [-0.4, -0.2) is 32.1 Å². The summed E-state index contributed by atoms with van der Waals surface area (Å²) in [4.78, 5) is 10.7. The van der Waals surface area contributed by atoms with Gasteiger partial charge in [0.1, 0.15) is 5.75 Å². The molecule has 1 aliphatic rings. The number of fused-ring (bicyclic) bond motifs is 1. The first-order valence-electron chi connectivity index (χ1n) is 6.44. The van der Waals surface area contributed by atoms with Crippen molar-refractivity contribution in [2.45, 2.75) is 19.3 Å². The molecule has 0 radical (unpaired) electrons. The smallest absolute Gasteiger partial charge is 0.216 e. The second-order valence-corrected chi connectivity index (χ2v) is 4.56. The molecule has 1 aliphatic heterocycles. The molecule has 1 heterocycles. The van der Waals surface area contributed by atoms with Gasteiger partial charge in [-0.1, -0.05) is 18.2 Å². The lowest BCUT2D eigenvalue weighted by molar-refractivity contribution is -0.118. The summed E-state index contributed by atoms with van der Waals surface area (Å²) in [5.74, 6) is 1.54. The van der Waals surface area contributed by atoms with E-state index in [0.29, 0.717) is 12.5 Å². The Labute approximate surface area is 108 Å². The largest absolute Gasteiger partial charge is 0.493 e. The standard InChI is InChI=1S/C14H20N2O2/c1-11(17)16-8-7-15-10-12-6-9-18-14-5-3-2-4-13(12)14/h2-5,12,15H,6-10H2,1H3,(H,16,17). The first kappa shape index (κ1) is 12.9. The highest BCUT2D eigenvalue weighted by Crippen LogP contribution is 2.32. The van der Waals surface area contributed by atoms with Crippen LogP contribution in [0.15, 0.2) is 24.3 Å². The summed E-state index contributed by atoms with van der Waals surface area (Å²) in [5, 5.41) is 6.16. The van der Waals surface area contributed by atoms with E-state index in [2.05, 4.69) is 22.8 Å². The molecule has 1 aromatic carbocycles. The maximum Gasteiger partial charge on any atom is 0.216 e. The number of para-hydroxylation sites is 1. The second kappa shape index (κ2) is 6.40. The van der Waals surface area contributed by atoms with E-state index in [0.717, 1.165) is 31.9 Å². The number of carbonyl (C=O) groups excluding carboxylic acids is 1. The van der Waals surface area contributed by atoms with E-state index in [1.54, 1.807) is 0 Å². The normalized spacial score (nSPS) is 17.7. The van der Waals surface area contributed by atoms with Crippen molar-refractivity contribution < 1.29 is 9.53 Å². The van der Waals surface area contributed by atoms with Crippen molar-refractivity contribution in [1.29, 1.82) is 0 Å². The number of ether oxygens (including phenoxy) is 1. The molecule has 0 fully saturated rings. The van der Waals surface area contributed by atoms with Gasteiger partial charge in [-0.15, -0.1) is 0 Å². The summed E-state index contributed by atoms with van der Waals surface area (Å²) in [5.41, 5.74) is 1.29. The highest BCUT2D eigenvalue weighted by molar-refractivity contribution is 5.72. The molecule has 1 aromatic rings. The number of hydrogen-bond donors (Lipinski definition) is 2. The Morgan fingerprint density at radius 2 is 2.22 bits per heavy atom. The van der Waals surface area contributed by atoms with Gasteiger partial charge in [-0.3, -0.25) is 4.79 Å². The molecule has 4 nitrogen and oxygen atoms in total. The van der Waals surface area contributed by atoms with Gasteiger partial charge in [-0.05, 0) is 18.1 Å². The van der Waals surface area contributed by atoms with Crippen LogP contribution in [-0.2, 0) is 4.79 Å². The van der Waals surface area contributed by atoms with Crippen molar-refractivity contribution >= 4 is 5.91 Å². The number of nitrogens with one attached hydrogen (secondary N) is 2. The van der Waals surface area contributed by atoms with E-state index in [1.807, 2.05) is 12.1 Å². The van der Waals surface area contributed by atoms with Gasteiger partial charge in [0.15, 0.2) is 0 Å². The third-order valence-corrected chi connectivity index (χ3v) is 3.15.